The standard InChI is InChI=1S/C17H23FN4O2.2ClH/c1-2-22(17(24)10-7-12(19)15(23)8-10)6-5-16-20-13-4-3-11(18)9-14(13)21-16;;/h3-4,9-10,12,15,23H,2,5-8,19H2,1H3,(H,20,21);2*1H/t10-,12+,15+;;/m0../s1. The Bertz CT molecular complexity index is 733. The number of nitrogens with zero attached hydrogens (tertiary/aromatic N) is 2. The molecule has 146 valence electrons. The largest absolute Gasteiger partial charge is 0.391 e. The van der Waals surface area contributed by atoms with Crippen LogP contribution in [0.2, 0.25) is 0 Å². The van der Waals surface area contributed by atoms with Crippen LogP contribution < -0.4 is 5.73 Å². The minimum atomic E-state index is -0.595. The van der Waals surface area contributed by atoms with Crippen LogP contribution in [0.4, 0.5) is 4.39 Å². The summed E-state index contributed by atoms with van der Waals surface area (Å²) in [7, 11) is 0. The zero-order valence-corrected chi connectivity index (χ0v) is 16.2. The third kappa shape index (κ3) is 4.85. The average Bonchev–Trinajstić information content (AvgIpc) is 3.10. The van der Waals surface area contributed by atoms with E-state index in [1.165, 1.54) is 12.1 Å². The number of likely N-dealkylation sites (N-methyl/N-ethyl adjacent to an activating group) is 1. The molecule has 0 radical (unpaired) electrons. The molecule has 1 saturated carbocycles. The number of H-pyrrole nitrogens is 1. The summed E-state index contributed by atoms with van der Waals surface area (Å²) in [5, 5.41) is 9.74. The van der Waals surface area contributed by atoms with Crippen molar-refractivity contribution in [2.45, 2.75) is 38.3 Å². The molecule has 1 aliphatic rings. The lowest BCUT2D eigenvalue weighted by atomic mass is 10.1. The van der Waals surface area contributed by atoms with Gasteiger partial charge in [-0.2, -0.15) is 0 Å². The number of aliphatic hydroxyl groups excluding tert-OH is 1. The number of nitrogens with two attached hydrogens (primary N) is 1. The summed E-state index contributed by atoms with van der Waals surface area (Å²) in [5.74, 6) is 0.246. The molecule has 3 atom stereocenters. The number of aliphatic hydroxyl groups is 1. The first-order valence-electron chi connectivity index (χ1n) is 8.34. The first kappa shape index (κ1) is 22.6. The van der Waals surface area contributed by atoms with Crippen LogP contribution in [0.3, 0.4) is 0 Å². The van der Waals surface area contributed by atoms with Gasteiger partial charge in [-0.3, -0.25) is 4.79 Å². The molecule has 0 bridgehead atoms. The summed E-state index contributed by atoms with van der Waals surface area (Å²) in [6.07, 6.45) is 0.931. The second-order valence-corrected chi connectivity index (χ2v) is 6.41. The van der Waals surface area contributed by atoms with Crippen LogP contribution in [-0.4, -0.2) is 51.1 Å². The molecule has 1 heterocycles. The topological polar surface area (TPSA) is 95.2 Å². The average molecular weight is 407 g/mol. The number of aromatic amines is 1. The van der Waals surface area contributed by atoms with Crippen LogP contribution in [0, 0.1) is 11.7 Å². The Morgan fingerprint density at radius 1 is 1.42 bits per heavy atom. The molecule has 3 rings (SSSR count). The molecule has 26 heavy (non-hydrogen) atoms. The van der Waals surface area contributed by atoms with Crippen molar-refractivity contribution >= 4 is 41.8 Å². The lowest BCUT2D eigenvalue weighted by Crippen LogP contribution is -2.37. The number of nitrogens with one attached hydrogen (secondary N) is 1. The van der Waals surface area contributed by atoms with E-state index in [1.807, 2.05) is 6.92 Å². The SMILES string of the molecule is CCN(CCc1nc2ccc(F)cc2[nH]1)C(=O)[C@H]1C[C@@H](N)[C@H](O)C1.Cl.Cl. The van der Waals surface area contributed by atoms with Gasteiger partial charge in [0.2, 0.25) is 5.91 Å². The maximum atomic E-state index is 13.2. The van der Waals surface area contributed by atoms with Crippen molar-refractivity contribution in [3.05, 3.63) is 29.8 Å². The Kier molecular flexibility index (Phi) is 8.27. The second-order valence-electron chi connectivity index (χ2n) is 6.41. The van der Waals surface area contributed by atoms with Crippen LogP contribution in [0.5, 0.6) is 0 Å². The molecular weight excluding hydrogens is 382 g/mol. The number of carbonyl (C=O) groups excluding carboxylic acids is 1. The van der Waals surface area contributed by atoms with Gasteiger partial charge in [0, 0.05) is 31.5 Å². The maximum absolute atomic E-state index is 13.2. The van der Waals surface area contributed by atoms with E-state index in [0.29, 0.717) is 43.4 Å². The van der Waals surface area contributed by atoms with Gasteiger partial charge in [-0.1, -0.05) is 0 Å². The van der Waals surface area contributed by atoms with Gasteiger partial charge in [-0.15, -0.1) is 24.8 Å². The Morgan fingerprint density at radius 3 is 2.77 bits per heavy atom. The highest BCUT2D eigenvalue weighted by Crippen LogP contribution is 2.26. The van der Waals surface area contributed by atoms with Crippen LogP contribution >= 0.6 is 24.8 Å². The molecule has 4 N–H and O–H groups in total. The molecule has 2 aromatic rings. The van der Waals surface area contributed by atoms with Crippen LogP contribution in [0.1, 0.15) is 25.6 Å². The lowest BCUT2D eigenvalue weighted by molar-refractivity contribution is -0.135. The number of aromatic nitrogens is 2. The number of fused-ring (bicyclic) bond motifs is 1. The summed E-state index contributed by atoms with van der Waals surface area (Å²) in [6.45, 7) is 3.05. The summed E-state index contributed by atoms with van der Waals surface area (Å²) >= 11 is 0. The van der Waals surface area contributed by atoms with Crippen molar-refractivity contribution in [3.63, 3.8) is 0 Å². The highest BCUT2D eigenvalue weighted by molar-refractivity contribution is 5.85. The van der Waals surface area contributed by atoms with Gasteiger partial charge in [-0.25, -0.2) is 9.37 Å². The first-order valence-corrected chi connectivity index (χ1v) is 8.34. The van der Waals surface area contributed by atoms with Crippen molar-refractivity contribution in [1.29, 1.82) is 0 Å². The number of halogens is 3. The van der Waals surface area contributed by atoms with E-state index >= 15 is 0 Å². The van der Waals surface area contributed by atoms with E-state index in [-0.39, 0.29) is 48.5 Å². The Hall–Kier alpha value is -1.41. The number of hydrogen-bond acceptors (Lipinski definition) is 4. The number of imidazole rings is 1. The Morgan fingerprint density at radius 2 is 2.15 bits per heavy atom. The predicted octanol–water partition coefficient (Wildman–Crippen LogP) is 2.03. The van der Waals surface area contributed by atoms with Gasteiger partial charge < -0.3 is 20.7 Å². The molecule has 9 heteroatoms. The van der Waals surface area contributed by atoms with E-state index in [4.69, 9.17) is 5.73 Å². The minimum absolute atomic E-state index is 0. The minimum Gasteiger partial charge on any atom is -0.391 e. The van der Waals surface area contributed by atoms with Crippen molar-refractivity contribution < 1.29 is 14.3 Å². The van der Waals surface area contributed by atoms with E-state index in [0.717, 1.165) is 5.82 Å². The number of rotatable bonds is 5. The Balaban J connectivity index is 0.00000169. The predicted molar refractivity (Wildman–Crippen MR) is 103 cm³/mol. The van der Waals surface area contributed by atoms with E-state index in [1.54, 1.807) is 11.0 Å². The maximum Gasteiger partial charge on any atom is 0.225 e. The zero-order valence-electron chi connectivity index (χ0n) is 14.5. The third-order valence-electron chi connectivity index (χ3n) is 4.73. The quantitative estimate of drug-likeness (QED) is 0.707. The normalized spacial score (nSPS) is 21.9. The molecule has 0 spiro atoms. The molecule has 0 unspecified atom stereocenters. The van der Waals surface area contributed by atoms with Crippen molar-refractivity contribution in [2.24, 2.45) is 11.7 Å². The van der Waals surface area contributed by atoms with Gasteiger partial charge in [0.25, 0.3) is 0 Å². The monoisotopic (exact) mass is 406 g/mol. The third-order valence-corrected chi connectivity index (χ3v) is 4.73. The molecule has 1 aromatic carbocycles. The van der Waals surface area contributed by atoms with E-state index in [2.05, 4.69) is 9.97 Å². The number of amides is 1. The molecule has 1 aliphatic carbocycles. The molecule has 6 nitrogen and oxygen atoms in total. The van der Waals surface area contributed by atoms with E-state index in [9.17, 15) is 14.3 Å². The highest BCUT2D eigenvalue weighted by Gasteiger charge is 2.36. The molecular formula is C17H25Cl2FN4O2. The van der Waals surface area contributed by atoms with Crippen LogP contribution in [-0.2, 0) is 11.2 Å². The molecule has 1 amide bonds. The fourth-order valence-electron chi connectivity index (χ4n) is 3.33. The molecule has 0 aliphatic heterocycles. The number of benzene rings is 1. The number of hydrogen-bond donors (Lipinski definition) is 3. The lowest BCUT2D eigenvalue weighted by Gasteiger charge is -2.23. The highest BCUT2D eigenvalue weighted by atomic mass is 35.5. The summed E-state index contributed by atoms with van der Waals surface area (Å²) in [5.41, 5.74) is 7.17. The van der Waals surface area contributed by atoms with Crippen LogP contribution in [0.25, 0.3) is 11.0 Å². The van der Waals surface area contributed by atoms with E-state index < -0.39 is 6.10 Å². The summed E-state index contributed by atoms with van der Waals surface area (Å²) < 4.78 is 13.2. The van der Waals surface area contributed by atoms with Crippen LogP contribution in [0.15, 0.2) is 18.2 Å². The second kappa shape index (κ2) is 9.50. The van der Waals surface area contributed by atoms with Crippen molar-refractivity contribution in [1.82, 2.24) is 14.9 Å². The molecule has 1 aromatic heterocycles. The number of carbonyl (C=O) groups is 1. The fraction of sp³-hybridized carbons (Fsp3) is 0.529. The van der Waals surface area contributed by atoms with Crippen molar-refractivity contribution in [3.8, 4) is 0 Å². The van der Waals surface area contributed by atoms with Gasteiger partial charge in [0.15, 0.2) is 0 Å². The Labute approximate surface area is 164 Å². The van der Waals surface area contributed by atoms with Crippen molar-refractivity contribution in [2.75, 3.05) is 13.1 Å². The first-order chi connectivity index (χ1) is 11.5. The van der Waals surface area contributed by atoms with Gasteiger partial charge in [0.1, 0.15) is 11.6 Å². The van der Waals surface area contributed by atoms with Gasteiger partial charge in [-0.05, 0) is 38.0 Å². The smallest absolute Gasteiger partial charge is 0.225 e. The zero-order chi connectivity index (χ0) is 17.3. The van der Waals surface area contributed by atoms with Gasteiger partial charge in [0.05, 0.1) is 17.1 Å². The molecule has 0 saturated heterocycles. The fourth-order valence-corrected chi connectivity index (χ4v) is 3.33. The summed E-state index contributed by atoms with van der Waals surface area (Å²) in [6, 6.07) is 4.11. The summed E-state index contributed by atoms with van der Waals surface area (Å²) in [4.78, 5) is 21.9. The molecule has 1 fully saturated rings. The van der Waals surface area contributed by atoms with Gasteiger partial charge >= 0.3 is 0 Å².